The van der Waals surface area contributed by atoms with Crippen LogP contribution >= 0.6 is 12.4 Å². The maximum atomic E-state index is 12.4. The summed E-state index contributed by atoms with van der Waals surface area (Å²) < 4.78 is 5.61. The second kappa shape index (κ2) is 10.0. The van der Waals surface area contributed by atoms with Gasteiger partial charge in [-0.2, -0.15) is 0 Å². The fraction of sp³-hybridized carbons (Fsp3) is 0.368. The van der Waals surface area contributed by atoms with Crippen LogP contribution in [0.5, 0.6) is 5.75 Å². The molecule has 134 valence electrons. The first-order valence-corrected chi connectivity index (χ1v) is 8.43. The molecule has 25 heavy (non-hydrogen) atoms. The first-order valence-electron chi connectivity index (χ1n) is 8.43. The van der Waals surface area contributed by atoms with Crippen molar-refractivity contribution in [2.24, 2.45) is 0 Å². The van der Waals surface area contributed by atoms with E-state index in [1.807, 2.05) is 42.6 Å². The number of halogens is 1. The van der Waals surface area contributed by atoms with Crippen molar-refractivity contribution in [1.82, 2.24) is 15.6 Å². The number of rotatable bonds is 7. The zero-order valence-corrected chi connectivity index (χ0v) is 14.9. The Morgan fingerprint density at radius 2 is 2.08 bits per heavy atom. The first kappa shape index (κ1) is 19.2. The van der Waals surface area contributed by atoms with E-state index < -0.39 is 0 Å². The number of amides is 1. The molecule has 0 saturated heterocycles. The highest BCUT2D eigenvalue weighted by Gasteiger charge is 2.26. The van der Waals surface area contributed by atoms with E-state index >= 15 is 0 Å². The van der Waals surface area contributed by atoms with E-state index in [0.717, 1.165) is 37.2 Å². The number of pyridine rings is 1. The van der Waals surface area contributed by atoms with E-state index in [0.29, 0.717) is 13.2 Å². The fourth-order valence-electron chi connectivity index (χ4n) is 2.90. The highest BCUT2D eigenvalue weighted by Crippen LogP contribution is 2.33. The van der Waals surface area contributed by atoms with Crippen molar-refractivity contribution in [1.29, 1.82) is 0 Å². The summed E-state index contributed by atoms with van der Waals surface area (Å²) in [6, 6.07) is 11.8. The van der Waals surface area contributed by atoms with Gasteiger partial charge in [0.25, 0.3) is 0 Å². The summed E-state index contributed by atoms with van der Waals surface area (Å²) in [5.74, 6) is 0.832. The molecule has 1 atom stereocenters. The molecule has 1 aromatic carbocycles. The van der Waals surface area contributed by atoms with Crippen LogP contribution in [-0.4, -0.2) is 30.6 Å². The molecule has 6 heteroatoms. The predicted molar refractivity (Wildman–Crippen MR) is 100 cm³/mol. The van der Waals surface area contributed by atoms with Gasteiger partial charge in [-0.1, -0.05) is 24.3 Å². The van der Waals surface area contributed by atoms with Crippen molar-refractivity contribution in [3.63, 3.8) is 0 Å². The van der Waals surface area contributed by atoms with Gasteiger partial charge in [0, 0.05) is 31.0 Å². The third-order valence-corrected chi connectivity index (χ3v) is 4.16. The van der Waals surface area contributed by atoms with Crippen LogP contribution in [0.3, 0.4) is 0 Å². The van der Waals surface area contributed by atoms with Gasteiger partial charge in [0.1, 0.15) is 5.75 Å². The Labute approximate surface area is 154 Å². The molecule has 3 rings (SSSR count). The number of carbonyl (C=O) groups excluding carboxylic acids is 1. The standard InChI is InChI=1S/C19H23N3O2.ClH/c23-19(17-8-12-24-18-7-2-1-6-16(17)18)22-11-4-10-21-14-15-5-3-9-20-13-15;/h1-3,5-7,9,13,17,21H,4,8,10-12,14H2,(H,22,23);1H. The summed E-state index contributed by atoms with van der Waals surface area (Å²) in [7, 11) is 0. The van der Waals surface area contributed by atoms with Crippen LogP contribution in [-0.2, 0) is 11.3 Å². The molecule has 0 fully saturated rings. The number of nitrogens with zero attached hydrogens (tertiary/aromatic N) is 1. The number of benzene rings is 1. The number of nitrogens with one attached hydrogen (secondary N) is 2. The van der Waals surface area contributed by atoms with E-state index in [4.69, 9.17) is 4.74 Å². The Morgan fingerprint density at radius 1 is 1.20 bits per heavy atom. The van der Waals surface area contributed by atoms with Crippen LogP contribution in [0.1, 0.15) is 29.9 Å². The third kappa shape index (κ3) is 5.44. The van der Waals surface area contributed by atoms with Crippen molar-refractivity contribution in [3.05, 3.63) is 59.9 Å². The van der Waals surface area contributed by atoms with Crippen LogP contribution < -0.4 is 15.4 Å². The highest BCUT2D eigenvalue weighted by molar-refractivity contribution is 5.85. The number of aromatic nitrogens is 1. The van der Waals surface area contributed by atoms with Gasteiger partial charge in [-0.3, -0.25) is 9.78 Å². The summed E-state index contributed by atoms with van der Waals surface area (Å²) in [5.41, 5.74) is 2.16. The molecule has 0 bridgehead atoms. The van der Waals surface area contributed by atoms with E-state index in [9.17, 15) is 4.79 Å². The molecular weight excluding hydrogens is 338 g/mol. The second-order valence-corrected chi connectivity index (χ2v) is 5.91. The Bertz CT molecular complexity index is 667. The molecule has 0 radical (unpaired) electrons. The topological polar surface area (TPSA) is 63.2 Å². The molecule has 1 aliphatic heterocycles. The van der Waals surface area contributed by atoms with Crippen molar-refractivity contribution in [2.75, 3.05) is 19.7 Å². The van der Waals surface area contributed by atoms with Crippen LogP contribution in [0.25, 0.3) is 0 Å². The number of hydrogen-bond acceptors (Lipinski definition) is 4. The molecule has 0 aliphatic carbocycles. The molecule has 2 aromatic rings. The van der Waals surface area contributed by atoms with Crippen LogP contribution in [0.15, 0.2) is 48.8 Å². The predicted octanol–water partition coefficient (Wildman–Crippen LogP) is 2.67. The number of ether oxygens (including phenoxy) is 1. The zero-order chi connectivity index (χ0) is 16.6. The molecular formula is C19H24ClN3O2. The lowest BCUT2D eigenvalue weighted by molar-refractivity contribution is -0.123. The lowest BCUT2D eigenvalue weighted by Gasteiger charge is -2.25. The molecule has 1 aliphatic rings. The molecule has 2 heterocycles. The smallest absolute Gasteiger partial charge is 0.227 e. The van der Waals surface area contributed by atoms with Gasteiger partial charge in [-0.15, -0.1) is 12.4 Å². The van der Waals surface area contributed by atoms with Crippen LogP contribution in [0.4, 0.5) is 0 Å². The maximum Gasteiger partial charge on any atom is 0.227 e. The van der Waals surface area contributed by atoms with Gasteiger partial charge >= 0.3 is 0 Å². The minimum atomic E-state index is -0.0988. The summed E-state index contributed by atoms with van der Waals surface area (Å²) in [5, 5.41) is 6.40. The monoisotopic (exact) mass is 361 g/mol. The van der Waals surface area contributed by atoms with Gasteiger partial charge in [-0.25, -0.2) is 0 Å². The molecule has 1 amide bonds. The zero-order valence-electron chi connectivity index (χ0n) is 14.1. The van der Waals surface area contributed by atoms with Gasteiger partial charge in [0.05, 0.1) is 12.5 Å². The average Bonchev–Trinajstić information content (AvgIpc) is 2.64. The normalized spacial score (nSPS) is 15.4. The average molecular weight is 362 g/mol. The van der Waals surface area contributed by atoms with E-state index in [2.05, 4.69) is 15.6 Å². The Kier molecular flexibility index (Phi) is 7.70. The SMILES string of the molecule is Cl.O=C(NCCCNCc1cccnc1)C1CCOc2ccccc21. The Hall–Kier alpha value is -2.11. The van der Waals surface area contributed by atoms with Crippen molar-refractivity contribution in [2.45, 2.75) is 25.3 Å². The highest BCUT2D eigenvalue weighted by atomic mass is 35.5. The molecule has 1 unspecified atom stereocenters. The lowest BCUT2D eigenvalue weighted by Crippen LogP contribution is -2.34. The molecule has 1 aromatic heterocycles. The van der Waals surface area contributed by atoms with Gasteiger partial charge < -0.3 is 15.4 Å². The number of hydrogen-bond donors (Lipinski definition) is 2. The molecule has 0 saturated carbocycles. The fourth-order valence-corrected chi connectivity index (χ4v) is 2.90. The first-order chi connectivity index (χ1) is 11.8. The largest absolute Gasteiger partial charge is 0.493 e. The third-order valence-electron chi connectivity index (χ3n) is 4.16. The Balaban J connectivity index is 0.00000225. The molecule has 0 spiro atoms. The van der Waals surface area contributed by atoms with Crippen molar-refractivity contribution >= 4 is 18.3 Å². The second-order valence-electron chi connectivity index (χ2n) is 5.91. The minimum Gasteiger partial charge on any atom is -0.493 e. The lowest BCUT2D eigenvalue weighted by atomic mass is 9.92. The number of carbonyl (C=O) groups is 1. The van der Waals surface area contributed by atoms with Gasteiger partial charge in [0.2, 0.25) is 5.91 Å². The Morgan fingerprint density at radius 3 is 2.92 bits per heavy atom. The minimum absolute atomic E-state index is 0. The maximum absolute atomic E-state index is 12.4. The van der Waals surface area contributed by atoms with E-state index in [-0.39, 0.29) is 24.2 Å². The van der Waals surface area contributed by atoms with Crippen LogP contribution in [0.2, 0.25) is 0 Å². The van der Waals surface area contributed by atoms with Crippen LogP contribution in [0, 0.1) is 0 Å². The van der Waals surface area contributed by atoms with Crippen molar-refractivity contribution < 1.29 is 9.53 Å². The van der Waals surface area contributed by atoms with Gasteiger partial charge in [0.15, 0.2) is 0 Å². The van der Waals surface area contributed by atoms with E-state index in [1.165, 1.54) is 5.56 Å². The molecule has 5 nitrogen and oxygen atoms in total. The van der Waals surface area contributed by atoms with E-state index in [1.54, 1.807) is 6.20 Å². The van der Waals surface area contributed by atoms with Crippen molar-refractivity contribution in [3.8, 4) is 5.75 Å². The summed E-state index contributed by atoms with van der Waals surface area (Å²) in [6.07, 6.45) is 5.27. The summed E-state index contributed by atoms with van der Waals surface area (Å²) >= 11 is 0. The summed E-state index contributed by atoms with van der Waals surface area (Å²) in [4.78, 5) is 16.5. The molecule has 2 N–H and O–H groups in total. The quantitative estimate of drug-likeness (QED) is 0.744. The van der Waals surface area contributed by atoms with Gasteiger partial charge in [-0.05, 0) is 37.1 Å². The summed E-state index contributed by atoms with van der Waals surface area (Å²) in [6.45, 7) is 2.94. The number of para-hydroxylation sites is 1. The number of fused-ring (bicyclic) bond motifs is 1.